The lowest BCUT2D eigenvalue weighted by molar-refractivity contribution is 1.27. The van der Waals surface area contributed by atoms with Gasteiger partial charge in [-0.1, -0.05) is 48.5 Å². The number of fused-ring (bicyclic) bond motifs is 2. The van der Waals surface area contributed by atoms with Crippen LogP contribution in [0.15, 0.2) is 66.9 Å². The molecule has 0 aliphatic carbocycles. The van der Waals surface area contributed by atoms with Crippen molar-refractivity contribution in [1.29, 1.82) is 0 Å². The van der Waals surface area contributed by atoms with Crippen LogP contribution in [0.5, 0.6) is 0 Å². The van der Waals surface area contributed by atoms with Crippen LogP contribution in [0, 0.1) is 6.92 Å². The Morgan fingerprint density at radius 1 is 0.810 bits per heavy atom. The highest BCUT2D eigenvalue weighted by Gasteiger charge is 2.05. The zero-order valence-electron chi connectivity index (χ0n) is 11.7. The molecule has 0 unspecified atom stereocenters. The van der Waals surface area contributed by atoms with Crippen LogP contribution in [-0.4, -0.2) is 9.97 Å². The van der Waals surface area contributed by atoms with Gasteiger partial charge in [-0.25, -0.2) is 4.98 Å². The van der Waals surface area contributed by atoms with Gasteiger partial charge in [0, 0.05) is 5.56 Å². The normalized spacial score (nSPS) is 11.1. The van der Waals surface area contributed by atoms with E-state index in [0.29, 0.717) is 0 Å². The zero-order chi connectivity index (χ0) is 14.2. The standard InChI is InChI=1S/C19H14N2/c1-13-5-4-8-17-19(13)21-18(12-20-17)16-10-9-14-6-2-3-7-15(14)11-16/h2-12H,1H3. The van der Waals surface area contributed by atoms with Gasteiger partial charge in [-0.15, -0.1) is 0 Å². The van der Waals surface area contributed by atoms with Crippen molar-refractivity contribution in [3.8, 4) is 11.3 Å². The Hall–Kier alpha value is -2.74. The van der Waals surface area contributed by atoms with Crippen molar-refractivity contribution in [1.82, 2.24) is 9.97 Å². The SMILES string of the molecule is Cc1cccc2ncc(-c3ccc4ccccc4c3)nc12. The highest BCUT2D eigenvalue weighted by atomic mass is 14.8. The molecule has 21 heavy (non-hydrogen) atoms. The van der Waals surface area contributed by atoms with Crippen molar-refractivity contribution in [2.45, 2.75) is 6.92 Å². The van der Waals surface area contributed by atoms with Gasteiger partial charge in [0.2, 0.25) is 0 Å². The summed E-state index contributed by atoms with van der Waals surface area (Å²) in [7, 11) is 0. The third-order valence-electron chi connectivity index (χ3n) is 3.82. The molecule has 0 saturated heterocycles. The van der Waals surface area contributed by atoms with E-state index in [1.54, 1.807) is 0 Å². The summed E-state index contributed by atoms with van der Waals surface area (Å²) in [6, 6.07) is 20.9. The van der Waals surface area contributed by atoms with E-state index >= 15 is 0 Å². The summed E-state index contributed by atoms with van der Waals surface area (Å²) in [5.41, 5.74) is 5.10. The summed E-state index contributed by atoms with van der Waals surface area (Å²) in [5, 5.41) is 2.47. The van der Waals surface area contributed by atoms with Crippen LogP contribution in [0.2, 0.25) is 0 Å². The number of hydrogen-bond donors (Lipinski definition) is 0. The summed E-state index contributed by atoms with van der Waals surface area (Å²) in [4.78, 5) is 9.33. The summed E-state index contributed by atoms with van der Waals surface area (Å²) in [6.45, 7) is 2.07. The van der Waals surface area contributed by atoms with Crippen molar-refractivity contribution in [2.24, 2.45) is 0 Å². The minimum atomic E-state index is 0.919. The maximum atomic E-state index is 4.79. The van der Waals surface area contributed by atoms with Crippen LogP contribution in [-0.2, 0) is 0 Å². The highest BCUT2D eigenvalue weighted by molar-refractivity contribution is 5.87. The number of rotatable bonds is 1. The van der Waals surface area contributed by atoms with Crippen LogP contribution in [0.1, 0.15) is 5.56 Å². The van der Waals surface area contributed by atoms with Crippen LogP contribution < -0.4 is 0 Å². The Bertz CT molecular complexity index is 958. The first-order valence-corrected chi connectivity index (χ1v) is 7.03. The molecule has 2 nitrogen and oxygen atoms in total. The third kappa shape index (κ3) is 2.05. The van der Waals surface area contributed by atoms with Crippen LogP contribution >= 0.6 is 0 Å². The van der Waals surface area contributed by atoms with Gasteiger partial charge in [-0.2, -0.15) is 0 Å². The Labute approximate surface area is 123 Å². The molecular weight excluding hydrogens is 256 g/mol. The largest absolute Gasteiger partial charge is 0.252 e. The van der Waals surface area contributed by atoms with Crippen molar-refractivity contribution < 1.29 is 0 Å². The maximum Gasteiger partial charge on any atom is 0.0923 e. The fraction of sp³-hybridized carbons (Fsp3) is 0.0526. The molecule has 0 aliphatic rings. The smallest absolute Gasteiger partial charge is 0.0923 e. The molecule has 4 aromatic rings. The molecule has 0 fully saturated rings. The molecule has 4 rings (SSSR count). The number of aryl methyl sites for hydroxylation is 1. The Morgan fingerprint density at radius 3 is 2.57 bits per heavy atom. The van der Waals surface area contributed by atoms with E-state index < -0.39 is 0 Å². The number of nitrogens with zero attached hydrogens (tertiary/aromatic N) is 2. The Morgan fingerprint density at radius 2 is 1.67 bits per heavy atom. The van der Waals surface area contributed by atoms with Gasteiger partial charge < -0.3 is 0 Å². The van der Waals surface area contributed by atoms with E-state index in [9.17, 15) is 0 Å². The molecule has 1 aromatic heterocycles. The quantitative estimate of drug-likeness (QED) is 0.498. The molecule has 3 aromatic carbocycles. The van der Waals surface area contributed by atoms with Crippen molar-refractivity contribution in [3.63, 3.8) is 0 Å². The highest BCUT2D eigenvalue weighted by Crippen LogP contribution is 2.24. The van der Waals surface area contributed by atoms with E-state index in [4.69, 9.17) is 4.98 Å². The maximum absolute atomic E-state index is 4.79. The first-order valence-electron chi connectivity index (χ1n) is 7.03. The second-order valence-electron chi connectivity index (χ2n) is 5.26. The van der Waals surface area contributed by atoms with E-state index in [1.165, 1.54) is 10.8 Å². The van der Waals surface area contributed by atoms with E-state index in [-0.39, 0.29) is 0 Å². The second-order valence-corrected chi connectivity index (χ2v) is 5.26. The van der Waals surface area contributed by atoms with Gasteiger partial charge in [0.15, 0.2) is 0 Å². The van der Waals surface area contributed by atoms with Gasteiger partial charge >= 0.3 is 0 Å². The summed E-state index contributed by atoms with van der Waals surface area (Å²) < 4.78 is 0. The second kappa shape index (κ2) is 4.67. The molecule has 0 aliphatic heterocycles. The van der Waals surface area contributed by atoms with Gasteiger partial charge in [0.1, 0.15) is 0 Å². The molecule has 100 valence electrons. The fourth-order valence-electron chi connectivity index (χ4n) is 2.66. The van der Waals surface area contributed by atoms with Crippen molar-refractivity contribution in [2.75, 3.05) is 0 Å². The number of benzene rings is 3. The molecular formula is C19H14N2. The molecule has 2 heteroatoms. The third-order valence-corrected chi connectivity index (χ3v) is 3.82. The van der Waals surface area contributed by atoms with Crippen molar-refractivity contribution >= 4 is 21.8 Å². The lowest BCUT2D eigenvalue weighted by Gasteiger charge is -2.06. The first-order chi connectivity index (χ1) is 10.3. The van der Waals surface area contributed by atoms with Crippen molar-refractivity contribution in [3.05, 3.63) is 72.4 Å². The summed E-state index contributed by atoms with van der Waals surface area (Å²) in [5.74, 6) is 0. The molecule has 0 N–H and O–H groups in total. The predicted octanol–water partition coefficient (Wildman–Crippen LogP) is 4.76. The van der Waals surface area contributed by atoms with E-state index in [2.05, 4.69) is 60.4 Å². The minimum Gasteiger partial charge on any atom is -0.252 e. The molecule has 0 bridgehead atoms. The Balaban J connectivity index is 1.93. The fourth-order valence-corrected chi connectivity index (χ4v) is 2.66. The first kappa shape index (κ1) is 12.0. The summed E-state index contributed by atoms with van der Waals surface area (Å²) in [6.07, 6.45) is 1.85. The van der Waals surface area contributed by atoms with Gasteiger partial charge in [0.25, 0.3) is 0 Å². The lowest BCUT2D eigenvalue weighted by Crippen LogP contribution is -1.90. The van der Waals surface area contributed by atoms with E-state index in [1.807, 2.05) is 18.3 Å². The van der Waals surface area contributed by atoms with Crippen LogP contribution in [0.4, 0.5) is 0 Å². The number of hydrogen-bond acceptors (Lipinski definition) is 2. The zero-order valence-corrected chi connectivity index (χ0v) is 11.7. The lowest BCUT2D eigenvalue weighted by atomic mass is 10.1. The number of aromatic nitrogens is 2. The van der Waals surface area contributed by atoms with Crippen LogP contribution in [0.3, 0.4) is 0 Å². The van der Waals surface area contributed by atoms with Gasteiger partial charge in [0.05, 0.1) is 22.9 Å². The molecule has 0 radical (unpaired) electrons. The minimum absolute atomic E-state index is 0.919. The van der Waals surface area contributed by atoms with Gasteiger partial charge in [-0.05, 0) is 35.4 Å². The average molecular weight is 270 g/mol. The number of para-hydroxylation sites is 1. The average Bonchev–Trinajstić information content (AvgIpc) is 2.54. The monoisotopic (exact) mass is 270 g/mol. The van der Waals surface area contributed by atoms with Crippen LogP contribution in [0.25, 0.3) is 33.1 Å². The summed E-state index contributed by atoms with van der Waals surface area (Å²) >= 11 is 0. The topological polar surface area (TPSA) is 25.8 Å². The Kier molecular flexibility index (Phi) is 2.68. The molecule has 0 spiro atoms. The molecule has 1 heterocycles. The molecule has 0 amide bonds. The molecule has 0 saturated carbocycles. The predicted molar refractivity (Wildman–Crippen MR) is 87.2 cm³/mol. The van der Waals surface area contributed by atoms with Gasteiger partial charge in [-0.3, -0.25) is 4.98 Å². The molecule has 0 atom stereocenters. The van der Waals surface area contributed by atoms with E-state index in [0.717, 1.165) is 27.9 Å².